The quantitative estimate of drug-likeness (QED) is 0.583. The van der Waals surface area contributed by atoms with Gasteiger partial charge in [-0.05, 0) is 43.9 Å². The highest BCUT2D eigenvalue weighted by molar-refractivity contribution is 5.76. The molecule has 2 aliphatic heterocycles. The molecule has 0 N–H and O–H groups in total. The van der Waals surface area contributed by atoms with E-state index in [2.05, 4.69) is 10.1 Å². The monoisotopic (exact) mass is 405 g/mol. The molecule has 1 unspecified atom stereocenters. The Labute approximate surface area is 173 Å². The largest absolute Gasteiger partial charge is 0.381 e. The molecule has 0 radical (unpaired) electrons. The van der Waals surface area contributed by atoms with Gasteiger partial charge >= 0.3 is 0 Å². The summed E-state index contributed by atoms with van der Waals surface area (Å²) in [7, 11) is 0. The maximum absolute atomic E-state index is 12.8. The van der Waals surface area contributed by atoms with Crippen molar-refractivity contribution < 1.29 is 18.8 Å². The first-order valence-corrected chi connectivity index (χ1v) is 11.6. The minimum Gasteiger partial charge on any atom is -0.381 e. The van der Waals surface area contributed by atoms with Crippen molar-refractivity contribution >= 4 is 5.91 Å². The van der Waals surface area contributed by atoms with Gasteiger partial charge in [0, 0.05) is 39.2 Å². The maximum atomic E-state index is 12.8. The van der Waals surface area contributed by atoms with Gasteiger partial charge in [-0.15, -0.1) is 0 Å². The highest BCUT2D eigenvalue weighted by Gasteiger charge is 2.34. The number of ether oxygens (including phenoxy) is 2. The van der Waals surface area contributed by atoms with Crippen molar-refractivity contribution in [2.45, 2.75) is 76.7 Å². The van der Waals surface area contributed by atoms with Crippen molar-refractivity contribution in [1.29, 1.82) is 0 Å². The summed E-state index contributed by atoms with van der Waals surface area (Å²) in [5, 5.41) is 4.12. The smallest absolute Gasteiger partial charge is 0.249 e. The molecule has 0 spiro atoms. The van der Waals surface area contributed by atoms with E-state index in [0.29, 0.717) is 37.1 Å². The molecule has 7 nitrogen and oxygen atoms in total. The van der Waals surface area contributed by atoms with Crippen molar-refractivity contribution in [2.24, 2.45) is 11.8 Å². The van der Waals surface area contributed by atoms with Gasteiger partial charge in [0.15, 0.2) is 5.82 Å². The summed E-state index contributed by atoms with van der Waals surface area (Å²) in [6.07, 6.45) is 11.7. The van der Waals surface area contributed by atoms with E-state index in [1.807, 2.05) is 4.90 Å². The fourth-order valence-corrected chi connectivity index (χ4v) is 4.92. The summed E-state index contributed by atoms with van der Waals surface area (Å²) in [6, 6.07) is -0.0458. The van der Waals surface area contributed by atoms with Crippen molar-refractivity contribution in [2.75, 3.05) is 33.0 Å². The molecule has 0 bridgehead atoms. The molecule has 3 aliphatic rings. The van der Waals surface area contributed by atoms with Crippen LogP contribution in [0.2, 0.25) is 0 Å². The second-order valence-electron chi connectivity index (χ2n) is 8.86. The van der Waals surface area contributed by atoms with Crippen LogP contribution in [-0.2, 0) is 20.7 Å². The van der Waals surface area contributed by atoms with Gasteiger partial charge in [0.25, 0.3) is 0 Å². The Bertz CT molecular complexity index is 638. The Balaban J connectivity index is 1.21. The van der Waals surface area contributed by atoms with Gasteiger partial charge in [0.1, 0.15) is 6.04 Å². The van der Waals surface area contributed by atoms with Crippen LogP contribution < -0.4 is 0 Å². The maximum Gasteiger partial charge on any atom is 0.249 e. The molecular formula is C22H35N3O4. The van der Waals surface area contributed by atoms with Gasteiger partial charge in [0.05, 0.1) is 6.61 Å². The Hall–Kier alpha value is -1.47. The topological polar surface area (TPSA) is 77.7 Å². The van der Waals surface area contributed by atoms with Crippen LogP contribution in [0.3, 0.4) is 0 Å². The van der Waals surface area contributed by atoms with E-state index in [9.17, 15) is 4.79 Å². The lowest BCUT2D eigenvalue weighted by atomic mass is 10.0. The Morgan fingerprint density at radius 1 is 1.07 bits per heavy atom. The molecule has 1 aromatic rings. The third-order valence-corrected chi connectivity index (χ3v) is 6.75. The predicted molar refractivity (Wildman–Crippen MR) is 107 cm³/mol. The van der Waals surface area contributed by atoms with Gasteiger partial charge in [-0.1, -0.05) is 30.8 Å². The summed E-state index contributed by atoms with van der Waals surface area (Å²) >= 11 is 0. The number of carbonyl (C=O) groups is 1. The van der Waals surface area contributed by atoms with Crippen LogP contribution in [0.5, 0.6) is 0 Å². The van der Waals surface area contributed by atoms with Crippen molar-refractivity contribution in [3.05, 3.63) is 11.7 Å². The zero-order valence-corrected chi connectivity index (χ0v) is 17.5. The fourth-order valence-electron chi connectivity index (χ4n) is 4.92. The predicted octanol–water partition coefficient (Wildman–Crippen LogP) is 3.69. The molecule has 29 heavy (non-hydrogen) atoms. The van der Waals surface area contributed by atoms with Gasteiger partial charge in [-0.3, -0.25) is 4.79 Å². The van der Waals surface area contributed by atoms with E-state index in [4.69, 9.17) is 14.0 Å². The first kappa shape index (κ1) is 20.8. The van der Waals surface area contributed by atoms with Gasteiger partial charge < -0.3 is 18.9 Å². The number of carbonyl (C=O) groups excluding carboxylic acids is 1. The van der Waals surface area contributed by atoms with Gasteiger partial charge in [-0.25, -0.2) is 0 Å². The molecule has 1 aromatic heterocycles. The van der Waals surface area contributed by atoms with Crippen molar-refractivity contribution in [3.8, 4) is 0 Å². The average Bonchev–Trinajstić information content (AvgIpc) is 3.51. The number of rotatable bonds is 9. The van der Waals surface area contributed by atoms with Crippen LogP contribution in [0.4, 0.5) is 0 Å². The molecule has 4 rings (SSSR count). The normalized spacial score (nSPS) is 23.9. The molecule has 2 saturated heterocycles. The Kier molecular flexibility index (Phi) is 7.55. The first-order chi connectivity index (χ1) is 14.3. The first-order valence-electron chi connectivity index (χ1n) is 11.6. The SMILES string of the molecule is O=C(CCC1CCCC1)N1CCCC1c1nc(CCOCC2CCOCC2)no1. The number of hydrogen-bond donors (Lipinski definition) is 0. The third-order valence-electron chi connectivity index (χ3n) is 6.75. The van der Waals surface area contributed by atoms with E-state index in [0.717, 1.165) is 64.4 Å². The van der Waals surface area contributed by atoms with Crippen LogP contribution in [0.25, 0.3) is 0 Å². The number of likely N-dealkylation sites (tertiary alicyclic amines) is 1. The average molecular weight is 406 g/mol. The van der Waals surface area contributed by atoms with Crippen LogP contribution in [0, 0.1) is 11.8 Å². The van der Waals surface area contributed by atoms with Crippen LogP contribution in [0.1, 0.15) is 82.0 Å². The second kappa shape index (κ2) is 10.5. The number of nitrogens with zero attached hydrogens (tertiary/aromatic N) is 3. The molecule has 7 heteroatoms. The summed E-state index contributed by atoms with van der Waals surface area (Å²) in [5.41, 5.74) is 0. The lowest BCUT2D eigenvalue weighted by Crippen LogP contribution is -2.30. The third kappa shape index (κ3) is 5.79. The summed E-state index contributed by atoms with van der Waals surface area (Å²) < 4.78 is 16.7. The van der Waals surface area contributed by atoms with Crippen LogP contribution in [0.15, 0.2) is 4.52 Å². The molecule has 1 aliphatic carbocycles. The van der Waals surface area contributed by atoms with Crippen molar-refractivity contribution in [3.63, 3.8) is 0 Å². The van der Waals surface area contributed by atoms with Crippen LogP contribution >= 0.6 is 0 Å². The standard InChI is InChI=1S/C22H35N3O4/c26-21(8-7-17-4-1-2-5-17)25-12-3-6-19(25)22-23-20(24-29-22)11-15-28-16-18-9-13-27-14-10-18/h17-19H,1-16H2. The highest BCUT2D eigenvalue weighted by atomic mass is 16.5. The molecule has 3 heterocycles. The van der Waals surface area contributed by atoms with E-state index in [-0.39, 0.29) is 11.9 Å². The fraction of sp³-hybridized carbons (Fsp3) is 0.864. The van der Waals surface area contributed by atoms with E-state index >= 15 is 0 Å². The molecule has 3 fully saturated rings. The van der Waals surface area contributed by atoms with E-state index in [1.54, 1.807) is 0 Å². The number of aromatic nitrogens is 2. The molecule has 162 valence electrons. The molecule has 1 atom stereocenters. The summed E-state index contributed by atoms with van der Waals surface area (Å²) in [5.74, 6) is 2.87. The lowest BCUT2D eigenvalue weighted by molar-refractivity contribution is -0.132. The van der Waals surface area contributed by atoms with Gasteiger partial charge in [-0.2, -0.15) is 4.98 Å². The number of amides is 1. The zero-order chi connectivity index (χ0) is 19.9. The van der Waals surface area contributed by atoms with E-state index < -0.39 is 0 Å². The van der Waals surface area contributed by atoms with Crippen molar-refractivity contribution in [1.82, 2.24) is 15.0 Å². The second-order valence-corrected chi connectivity index (χ2v) is 8.86. The molecule has 1 saturated carbocycles. The Morgan fingerprint density at radius 2 is 1.90 bits per heavy atom. The highest BCUT2D eigenvalue weighted by Crippen LogP contribution is 2.33. The molecule has 0 aromatic carbocycles. The Morgan fingerprint density at radius 3 is 2.72 bits per heavy atom. The van der Waals surface area contributed by atoms with Crippen LogP contribution in [-0.4, -0.2) is 53.9 Å². The zero-order valence-electron chi connectivity index (χ0n) is 17.5. The minimum atomic E-state index is -0.0458. The van der Waals surface area contributed by atoms with Gasteiger partial charge in [0.2, 0.25) is 11.8 Å². The lowest BCUT2D eigenvalue weighted by Gasteiger charge is -2.22. The number of hydrogen-bond acceptors (Lipinski definition) is 6. The molecule has 1 amide bonds. The molecular weight excluding hydrogens is 370 g/mol. The summed E-state index contributed by atoms with van der Waals surface area (Å²) in [4.78, 5) is 19.3. The van der Waals surface area contributed by atoms with E-state index in [1.165, 1.54) is 25.7 Å². The summed E-state index contributed by atoms with van der Waals surface area (Å²) in [6.45, 7) is 3.88. The minimum absolute atomic E-state index is 0.0458.